The molecule has 2 aromatic rings. The topological polar surface area (TPSA) is 82.7 Å². The first-order chi connectivity index (χ1) is 11.0. The Morgan fingerprint density at radius 2 is 2.04 bits per heavy atom. The Hall–Kier alpha value is -1.92. The van der Waals surface area contributed by atoms with Crippen LogP contribution in [-0.2, 0) is 0 Å². The maximum absolute atomic E-state index is 13.8. The lowest BCUT2D eigenvalue weighted by atomic mass is 10.0. The number of fused-ring (bicyclic) bond motifs is 1. The first kappa shape index (κ1) is 16.0. The van der Waals surface area contributed by atoms with E-state index in [1.807, 2.05) is 0 Å². The van der Waals surface area contributed by atoms with E-state index in [1.54, 1.807) is 19.1 Å². The molecule has 1 aliphatic rings. The van der Waals surface area contributed by atoms with E-state index in [0.717, 1.165) is 12.8 Å². The molecule has 1 aromatic heterocycles. The summed E-state index contributed by atoms with van der Waals surface area (Å²) in [6.07, 6.45) is 0.853. The van der Waals surface area contributed by atoms with Gasteiger partial charge in [-0.2, -0.15) is 0 Å². The van der Waals surface area contributed by atoms with Crippen LogP contribution >= 0.6 is 0 Å². The fraction of sp³-hybridized carbons (Fsp3) is 0.471. The molecule has 1 aromatic carbocycles. The molecule has 1 aliphatic carbocycles. The number of para-hydroxylation sites is 1. The number of carbonyl (C=O) groups is 1. The van der Waals surface area contributed by atoms with Crippen LogP contribution in [0.2, 0.25) is 0 Å². The Morgan fingerprint density at radius 3 is 2.78 bits per heavy atom. The summed E-state index contributed by atoms with van der Waals surface area (Å²) in [5, 5.41) is 23.2. The van der Waals surface area contributed by atoms with Crippen molar-refractivity contribution in [2.24, 2.45) is 0 Å². The van der Waals surface area contributed by atoms with Gasteiger partial charge in [-0.3, -0.25) is 4.79 Å². The molecule has 124 valence electrons. The predicted octanol–water partition coefficient (Wildman–Crippen LogP) is 2.27. The third kappa shape index (κ3) is 2.96. The highest BCUT2D eigenvalue weighted by Crippen LogP contribution is 2.27. The fourth-order valence-corrected chi connectivity index (χ4v) is 3.14. The molecular formula is C17H20FNO4. The Labute approximate surface area is 133 Å². The van der Waals surface area contributed by atoms with Crippen LogP contribution in [0.25, 0.3) is 11.0 Å². The van der Waals surface area contributed by atoms with E-state index in [4.69, 9.17) is 4.42 Å². The molecule has 0 bridgehead atoms. The number of aliphatic hydroxyl groups is 2. The Morgan fingerprint density at radius 1 is 1.30 bits per heavy atom. The van der Waals surface area contributed by atoms with E-state index in [2.05, 4.69) is 5.32 Å². The maximum Gasteiger partial charge on any atom is 0.287 e. The predicted molar refractivity (Wildman–Crippen MR) is 82.6 cm³/mol. The number of amides is 1. The van der Waals surface area contributed by atoms with Gasteiger partial charge >= 0.3 is 0 Å². The molecule has 0 radical (unpaired) electrons. The van der Waals surface area contributed by atoms with Crippen LogP contribution in [0.15, 0.2) is 22.6 Å². The normalized spacial score (nSPS) is 25.3. The Bertz CT molecular complexity index is 727. The third-order valence-electron chi connectivity index (χ3n) is 4.51. The SMILES string of the molecule is Cc1c(C(=O)N[C@@H]2CCCC[C@@H](O)[C@@H]2O)oc2c(F)cccc12. The lowest BCUT2D eigenvalue weighted by Gasteiger charge is -2.24. The van der Waals surface area contributed by atoms with Crippen molar-refractivity contribution in [3.05, 3.63) is 35.3 Å². The van der Waals surface area contributed by atoms with E-state index in [0.29, 0.717) is 23.8 Å². The number of halogens is 1. The van der Waals surface area contributed by atoms with Gasteiger partial charge in [0.05, 0.1) is 12.1 Å². The zero-order valence-electron chi connectivity index (χ0n) is 12.9. The summed E-state index contributed by atoms with van der Waals surface area (Å²) < 4.78 is 19.2. The van der Waals surface area contributed by atoms with Gasteiger partial charge in [0.25, 0.3) is 5.91 Å². The molecule has 1 amide bonds. The summed E-state index contributed by atoms with van der Waals surface area (Å²) in [4.78, 5) is 12.5. The smallest absolute Gasteiger partial charge is 0.287 e. The number of aliphatic hydroxyl groups excluding tert-OH is 2. The molecule has 0 aliphatic heterocycles. The summed E-state index contributed by atoms with van der Waals surface area (Å²) in [5.74, 6) is -0.984. The minimum atomic E-state index is -1.01. The Balaban J connectivity index is 1.86. The quantitative estimate of drug-likeness (QED) is 0.741. The van der Waals surface area contributed by atoms with Crippen LogP contribution in [0.5, 0.6) is 0 Å². The van der Waals surface area contributed by atoms with Gasteiger partial charge in [0, 0.05) is 10.9 Å². The highest BCUT2D eigenvalue weighted by molar-refractivity contribution is 5.99. The van der Waals surface area contributed by atoms with Crippen molar-refractivity contribution in [2.45, 2.75) is 50.9 Å². The van der Waals surface area contributed by atoms with Crippen molar-refractivity contribution < 1.29 is 23.8 Å². The summed E-state index contributed by atoms with van der Waals surface area (Å²) in [6.45, 7) is 1.69. The van der Waals surface area contributed by atoms with Gasteiger partial charge in [0.15, 0.2) is 17.2 Å². The average Bonchev–Trinajstić information content (AvgIpc) is 2.79. The number of hydrogen-bond donors (Lipinski definition) is 3. The molecular weight excluding hydrogens is 301 g/mol. The summed E-state index contributed by atoms with van der Waals surface area (Å²) >= 11 is 0. The van der Waals surface area contributed by atoms with E-state index in [1.165, 1.54) is 6.07 Å². The molecule has 3 N–H and O–H groups in total. The summed E-state index contributed by atoms with van der Waals surface area (Å²) in [5.41, 5.74) is 0.609. The minimum absolute atomic E-state index is 0.0380. The number of carbonyl (C=O) groups excluding carboxylic acids is 1. The van der Waals surface area contributed by atoms with Gasteiger partial charge in [-0.05, 0) is 25.8 Å². The lowest BCUT2D eigenvalue weighted by Crippen LogP contribution is -2.47. The second-order valence-electron chi connectivity index (χ2n) is 6.10. The van der Waals surface area contributed by atoms with Gasteiger partial charge in [0.2, 0.25) is 0 Å². The van der Waals surface area contributed by atoms with Crippen LogP contribution < -0.4 is 5.32 Å². The van der Waals surface area contributed by atoms with Crippen LogP contribution in [-0.4, -0.2) is 34.4 Å². The zero-order chi connectivity index (χ0) is 16.6. The number of aryl methyl sites for hydroxylation is 1. The molecule has 0 unspecified atom stereocenters. The largest absolute Gasteiger partial charge is 0.448 e. The molecule has 6 heteroatoms. The molecule has 3 rings (SSSR count). The highest BCUT2D eigenvalue weighted by Gasteiger charge is 2.31. The average molecular weight is 321 g/mol. The molecule has 0 spiro atoms. The zero-order valence-corrected chi connectivity index (χ0v) is 12.9. The van der Waals surface area contributed by atoms with Crippen molar-refractivity contribution in [3.8, 4) is 0 Å². The lowest BCUT2D eigenvalue weighted by molar-refractivity contribution is -0.00145. The van der Waals surface area contributed by atoms with Crippen molar-refractivity contribution in [1.29, 1.82) is 0 Å². The third-order valence-corrected chi connectivity index (χ3v) is 4.51. The monoisotopic (exact) mass is 321 g/mol. The second kappa shape index (κ2) is 6.29. The van der Waals surface area contributed by atoms with E-state index in [-0.39, 0.29) is 11.3 Å². The van der Waals surface area contributed by atoms with Gasteiger partial charge in [-0.15, -0.1) is 0 Å². The molecule has 23 heavy (non-hydrogen) atoms. The van der Waals surface area contributed by atoms with Gasteiger partial charge in [0.1, 0.15) is 6.10 Å². The van der Waals surface area contributed by atoms with E-state index >= 15 is 0 Å². The van der Waals surface area contributed by atoms with Gasteiger partial charge in [-0.1, -0.05) is 25.0 Å². The number of rotatable bonds is 2. The fourth-order valence-electron chi connectivity index (χ4n) is 3.14. The van der Waals surface area contributed by atoms with Gasteiger partial charge in [-0.25, -0.2) is 4.39 Å². The highest BCUT2D eigenvalue weighted by atomic mass is 19.1. The number of benzene rings is 1. The molecule has 5 nitrogen and oxygen atoms in total. The molecule has 1 heterocycles. The molecule has 1 fully saturated rings. The minimum Gasteiger partial charge on any atom is -0.448 e. The first-order valence-corrected chi connectivity index (χ1v) is 7.83. The molecule has 1 saturated carbocycles. The number of furan rings is 1. The van der Waals surface area contributed by atoms with Crippen LogP contribution in [0.1, 0.15) is 41.8 Å². The van der Waals surface area contributed by atoms with Crippen molar-refractivity contribution in [3.63, 3.8) is 0 Å². The van der Waals surface area contributed by atoms with Crippen LogP contribution in [0.3, 0.4) is 0 Å². The van der Waals surface area contributed by atoms with E-state index < -0.39 is 30.0 Å². The number of nitrogens with one attached hydrogen (secondary N) is 1. The van der Waals surface area contributed by atoms with Gasteiger partial charge < -0.3 is 19.9 Å². The molecule has 3 atom stereocenters. The maximum atomic E-state index is 13.8. The standard InChI is InChI=1S/C17H20FNO4/c1-9-10-5-4-6-11(18)16(10)23-15(9)17(22)19-12-7-2-3-8-13(20)14(12)21/h4-6,12-14,20-21H,2-3,7-8H2,1H3,(H,19,22)/t12-,13-,14-/m1/s1. The second-order valence-corrected chi connectivity index (χ2v) is 6.10. The van der Waals surface area contributed by atoms with Crippen LogP contribution in [0, 0.1) is 12.7 Å². The van der Waals surface area contributed by atoms with Crippen molar-refractivity contribution in [2.75, 3.05) is 0 Å². The van der Waals surface area contributed by atoms with Crippen LogP contribution in [0.4, 0.5) is 4.39 Å². The van der Waals surface area contributed by atoms with Crippen molar-refractivity contribution in [1.82, 2.24) is 5.32 Å². The molecule has 0 saturated heterocycles. The first-order valence-electron chi connectivity index (χ1n) is 7.83. The van der Waals surface area contributed by atoms with E-state index in [9.17, 15) is 19.4 Å². The summed E-state index contributed by atoms with van der Waals surface area (Å²) in [7, 11) is 0. The summed E-state index contributed by atoms with van der Waals surface area (Å²) in [6, 6.07) is 3.99. The Kier molecular flexibility index (Phi) is 4.37. The van der Waals surface area contributed by atoms with Crippen molar-refractivity contribution >= 4 is 16.9 Å². The number of hydrogen-bond acceptors (Lipinski definition) is 4.